The SMILES string of the molecule is [B]c1ccc([C@H]2[C@@H](CC)C(C(=O)NN3CCCCC3)=NN2c2ccc(Cl)cc2Cl)s1. The van der Waals surface area contributed by atoms with Gasteiger partial charge in [0.05, 0.1) is 16.8 Å². The Morgan fingerprint density at radius 3 is 2.63 bits per heavy atom. The van der Waals surface area contributed by atoms with E-state index in [2.05, 4.69) is 12.3 Å². The molecular weight excluding hydrogens is 438 g/mol. The molecule has 1 aromatic carbocycles. The van der Waals surface area contributed by atoms with Gasteiger partial charge in [-0.3, -0.25) is 15.2 Å². The van der Waals surface area contributed by atoms with Crippen LogP contribution in [0.1, 0.15) is 43.5 Å². The van der Waals surface area contributed by atoms with E-state index in [1.807, 2.05) is 28.2 Å². The van der Waals surface area contributed by atoms with E-state index in [-0.39, 0.29) is 17.9 Å². The van der Waals surface area contributed by atoms with Crippen molar-refractivity contribution in [3.63, 3.8) is 0 Å². The van der Waals surface area contributed by atoms with Crippen molar-refractivity contribution in [3.05, 3.63) is 45.3 Å². The van der Waals surface area contributed by atoms with Gasteiger partial charge in [-0.25, -0.2) is 5.01 Å². The highest BCUT2D eigenvalue weighted by atomic mass is 35.5. The molecule has 3 heterocycles. The smallest absolute Gasteiger partial charge is 0.282 e. The Labute approximate surface area is 192 Å². The average Bonchev–Trinajstić information content (AvgIpc) is 3.32. The molecule has 9 heteroatoms. The van der Waals surface area contributed by atoms with Crippen molar-refractivity contribution < 1.29 is 4.79 Å². The quantitative estimate of drug-likeness (QED) is 0.676. The molecule has 2 radical (unpaired) electrons. The van der Waals surface area contributed by atoms with Crippen LogP contribution in [0.25, 0.3) is 0 Å². The molecule has 2 aromatic rings. The monoisotopic (exact) mass is 460 g/mol. The number of carbonyl (C=O) groups excluding carboxylic acids is 1. The molecule has 1 amide bonds. The van der Waals surface area contributed by atoms with Gasteiger partial charge in [-0.1, -0.05) is 42.6 Å². The summed E-state index contributed by atoms with van der Waals surface area (Å²) >= 11 is 14.1. The van der Waals surface area contributed by atoms with Gasteiger partial charge in [0.15, 0.2) is 0 Å². The van der Waals surface area contributed by atoms with Gasteiger partial charge in [0, 0.05) is 28.9 Å². The molecule has 0 bridgehead atoms. The van der Waals surface area contributed by atoms with Gasteiger partial charge < -0.3 is 0 Å². The number of halogens is 2. The number of rotatable bonds is 5. The molecule has 0 aliphatic carbocycles. The summed E-state index contributed by atoms with van der Waals surface area (Å²) in [4.78, 5) is 14.2. The van der Waals surface area contributed by atoms with E-state index in [1.54, 1.807) is 12.1 Å². The summed E-state index contributed by atoms with van der Waals surface area (Å²) in [5.74, 6) is -0.231. The summed E-state index contributed by atoms with van der Waals surface area (Å²) < 4.78 is 0.730. The fourth-order valence-electron chi connectivity index (χ4n) is 4.13. The fraction of sp³-hybridized carbons (Fsp3) is 0.429. The lowest BCUT2D eigenvalue weighted by atomic mass is 9.91. The maximum Gasteiger partial charge on any atom is 0.282 e. The molecule has 30 heavy (non-hydrogen) atoms. The van der Waals surface area contributed by atoms with Crippen LogP contribution in [0.2, 0.25) is 10.0 Å². The molecule has 2 atom stereocenters. The normalized spacial score (nSPS) is 22.2. The van der Waals surface area contributed by atoms with Crippen LogP contribution in [0.15, 0.2) is 35.4 Å². The molecule has 2 aliphatic rings. The second kappa shape index (κ2) is 9.31. The molecular formula is C21H23BCl2N4OS. The number of piperidine rings is 1. The number of hydrazone groups is 1. The van der Waals surface area contributed by atoms with E-state index in [1.165, 1.54) is 17.8 Å². The molecule has 156 valence electrons. The number of carbonyl (C=O) groups is 1. The maximum absolute atomic E-state index is 13.2. The summed E-state index contributed by atoms with van der Waals surface area (Å²) in [5, 5.41) is 9.68. The lowest BCUT2D eigenvalue weighted by molar-refractivity contribution is -0.120. The molecule has 2 aliphatic heterocycles. The summed E-state index contributed by atoms with van der Waals surface area (Å²) in [6, 6.07) is 9.06. The number of amides is 1. The number of nitrogens with zero attached hydrogens (tertiary/aromatic N) is 3. The number of hydrogen-bond acceptors (Lipinski definition) is 5. The van der Waals surface area contributed by atoms with Crippen molar-refractivity contribution in [1.82, 2.24) is 10.4 Å². The number of hydrogen-bond donors (Lipinski definition) is 1. The Hall–Kier alpha value is -1.54. The van der Waals surface area contributed by atoms with Crippen molar-refractivity contribution in [2.24, 2.45) is 11.0 Å². The molecule has 0 saturated carbocycles. The van der Waals surface area contributed by atoms with Crippen LogP contribution in [-0.4, -0.2) is 37.6 Å². The number of hydrazine groups is 1. The van der Waals surface area contributed by atoms with Crippen molar-refractivity contribution in [3.8, 4) is 0 Å². The highest BCUT2D eigenvalue weighted by Gasteiger charge is 2.42. The van der Waals surface area contributed by atoms with E-state index in [9.17, 15) is 4.79 Å². The topological polar surface area (TPSA) is 47.9 Å². The summed E-state index contributed by atoms with van der Waals surface area (Å²) in [6.07, 6.45) is 4.15. The molecule has 1 N–H and O–H groups in total. The van der Waals surface area contributed by atoms with Crippen LogP contribution < -0.4 is 15.2 Å². The molecule has 0 spiro atoms. The van der Waals surface area contributed by atoms with Crippen LogP contribution >= 0.6 is 34.5 Å². The van der Waals surface area contributed by atoms with Gasteiger partial charge in [0.1, 0.15) is 13.6 Å². The lowest BCUT2D eigenvalue weighted by Gasteiger charge is -2.28. The Bertz CT molecular complexity index is 960. The molecule has 0 unspecified atom stereocenters. The zero-order chi connectivity index (χ0) is 21.3. The molecule has 1 aromatic heterocycles. The van der Waals surface area contributed by atoms with Crippen molar-refractivity contribution in [1.29, 1.82) is 0 Å². The van der Waals surface area contributed by atoms with E-state index in [4.69, 9.17) is 36.1 Å². The fourth-order valence-corrected chi connectivity index (χ4v) is 5.55. The zero-order valence-corrected chi connectivity index (χ0v) is 19.1. The third kappa shape index (κ3) is 4.40. The predicted octanol–water partition coefficient (Wildman–Crippen LogP) is 4.31. The first-order valence-corrected chi connectivity index (χ1v) is 11.8. The molecule has 5 nitrogen and oxygen atoms in total. The Morgan fingerprint density at radius 2 is 2.00 bits per heavy atom. The van der Waals surface area contributed by atoms with E-state index >= 15 is 0 Å². The third-order valence-corrected chi connectivity index (χ3v) is 7.12. The number of benzene rings is 1. The van der Waals surface area contributed by atoms with E-state index in [0.29, 0.717) is 15.8 Å². The van der Waals surface area contributed by atoms with E-state index < -0.39 is 0 Å². The minimum Gasteiger partial charge on any atom is -0.284 e. The van der Waals surface area contributed by atoms with Crippen LogP contribution in [0.3, 0.4) is 0 Å². The minimum atomic E-state index is -0.155. The Morgan fingerprint density at radius 1 is 1.23 bits per heavy atom. The standard InChI is InChI=1S/C21H23BCl2N4OS/c1-2-14-19(21(29)26-27-10-4-3-5-11-27)25-28(16-7-6-13(23)12-15(16)24)20(14)17-8-9-18(22)30-17/h6-9,12,14,20H,2-5,10-11H2,1H3,(H,26,29)/t14-,20+/m0/s1. The van der Waals surface area contributed by atoms with Crippen molar-refractivity contribution in [2.45, 2.75) is 38.6 Å². The molecule has 4 rings (SSSR count). The van der Waals surface area contributed by atoms with Crippen LogP contribution in [-0.2, 0) is 4.79 Å². The number of anilines is 1. The van der Waals surface area contributed by atoms with Crippen LogP contribution in [0.4, 0.5) is 5.69 Å². The summed E-state index contributed by atoms with van der Waals surface area (Å²) in [7, 11) is 6.02. The summed E-state index contributed by atoms with van der Waals surface area (Å²) in [5.41, 5.74) is 4.30. The molecule has 1 fully saturated rings. The molecule has 1 saturated heterocycles. The van der Waals surface area contributed by atoms with Gasteiger partial charge in [0.25, 0.3) is 5.91 Å². The van der Waals surface area contributed by atoms with Crippen LogP contribution in [0.5, 0.6) is 0 Å². The minimum absolute atomic E-state index is 0.0837. The number of nitrogens with one attached hydrogen (secondary N) is 1. The first-order valence-electron chi connectivity index (χ1n) is 10.2. The van der Waals surface area contributed by atoms with Gasteiger partial charge in [-0.05, 0) is 48.3 Å². The summed E-state index contributed by atoms with van der Waals surface area (Å²) in [6.45, 7) is 3.81. The largest absolute Gasteiger partial charge is 0.284 e. The van der Waals surface area contributed by atoms with Crippen molar-refractivity contribution in [2.75, 3.05) is 18.1 Å². The zero-order valence-electron chi connectivity index (χ0n) is 16.8. The van der Waals surface area contributed by atoms with Gasteiger partial charge in [0.2, 0.25) is 0 Å². The maximum atomic E-state index is 13.2. The third-order valence-electron chi connectivity index (χ3n) is 5.60. The second-order valence-corrected chi connectivity index (χ2v) is 9.60. The Kier molecular flexibility index (Phi) is 6.73. The van der Waals surface area contributed by atoms with E-state index in [0.717, 1.165) is 47.7 Å². The highest BCUT2D eigenvalue weighted by Crippen LogP contribution is 2.44. The van der Waals surface area contributed by atoms with Crippen LogP contribution in [0, 0.1) is 5.92 Å². The second-order valence-electron chi connectivity index (χ2n) is 7.61. The lowest BCUT2D eigenvalue weighted by Crippen LogP contribution is -2.48. The average molecular weight is 461 g/mol. The number of thiophene rings is 1. The van der Waals surface area contributed by atoms with Gasteiger partial charge >= 0.3 is 0 Å². The Balaban J connectivity index is 1.70. The first-order chi connectivity index (χ1) is 14.5. The van der Waals surface area contributed by atoms with Gasteiger partial charge in [-0.2, -0.15) is 16.4 Å². The van der Waals surface area contributed by atoms with Gasteiger partial charge in [-0.15, -0.1) is 0 Å². The highest BCUT2D eigenvalue weighted by molar-refractivity contribution is 7.20. The predicted molar refractivity (Wildman–Crippen MR) is 126 cm³/mol. The van der Waals surface area contributed by atoms with Crippen molar-refractivity contribution >= 4 is 64.5 Å². The first kappa shape index (κ1) is 21.7.